The Morgan fingerprint density at radius 2 is 1.74 bits per heavy atom. The minimum Gasteiger partial charge on any atom is -0.384 e. The van der Waals surface area contributed by atoms with Crippen LogP contribution >= 0.6 is 22.7 Å². The second kappa shape index (κ2) is 6.53. The molecule has 0 atom stereocenters. The second-order valence-electron chi connectivity index (χ2n) is 4.10. The van der Waals surface area contributed by atoms with Crippen LogP contribution in [0.4, 0.5) is 17.1 Å². The van der Waals surface area contributed by atoms with Crippen LogP contribution in [0.5, 0.6) is 0 Å². The zero-order valence-corrected chi connectivity index (χ0v) is 12.1. The zero-order valence-electron chi connectivity index (χ0n) is 10.5. The first-order valence-corrected chi connectivity index (χ1v) is 7.78. The van der Waals surface area contributed by atoms with Crippen molar-refractivity contribution in [3.8, 4) is 0 Å². The van der Waals surface area contributed by atoms with Crippen molar-refractivity contribution in [2.24, 2.45) is 0 Å². The predicted octanol–water partition coefficient (Wildman–Crippen LogP) is 3.94. The van der Waals surface area contributed by atoms with Crippen LogP contribution in [0.2, 0.25) is 0 Å². The monoisotopic (exact) mass is 297 g/mol. The molecule has 102 valence electrons. The number of thiophene rings is 2. The molecule has 19 heavy (non-hydrogen) atoms. The molecule has 0 amide bonds. The molecule has 0 spiro atoms. The van der Waals surface area contributed by atoms with Crippen molar-refractivity contribution in [1.82, 2.24) is 0 Å². The summed E-state index contributed by atoms with van der Waals surface area (Å²) in [4.78, 5) is 10.4. The van der Waals surface area contributed by atoms with Gasteiger partial charge in [0.15, 0.2) is 0 Å². The van der Waals surface area contributed by atoms with Gasteiger partial charge in [-0.1, -0.05) is 0 Å². The van der Waals surface area contributed by atoms with Crippen molar-refractivity contribution in [3.05, 3.63) is 37.2 Å². The maximum absolute atomic E-state index is 10.7. The summed E-state index contributed by atoms with van der Waals surface area (Å²) >= 11 is 3.02. The summed E-state index contributed by atoms with van der Waals surface area (Å²) in [6, 6.07) is 0. The smallest absolute Gasteiger partial charge is 0.302 e. The molecule has 0 aromatic carbocycles. The number of hydrogen-bond donors (Lipinski definition) is 2. The summed E-state index contributed by atoms with van der Waals surface area (Å²) in [6.07, 6.45) is 0.905. The lowest BCUT2D eigenvalue weighted by Gasteiger charge is -2.06. The Bertz CT molecular complexity index is 551. The topological polar surface area (TPSA) is 67.2 Å². The largest absolute Gasteiger partial charge is 0.384 e. The van der Waals surface area contributed by atoms with Gasteiger partial charge >= 0.3 is 5.69 Å². The summed E-state index contributed by atoms with van der Waals surface area (Å²) in [5, 5.41) is 24.7. The molecule has 0 bridgehead atoms. The van der Waals surface area contributed by atoms with Crippen LogP contribution in [-0.4, -0.2) is 18.0 Å². The first-order chi connectivity index (χ1) is 9.18. The molecule has 2 heterocycles. The van der Waals surface area contributed by atoms with Crippen molar-refractivity contribution in [3.63, 3.8) is 0 Å². The fourth-order valence-electron chi connectivity index (χ4n) is 1.64. The molecule has 5 nitrogen and oxygen atoms in total. The molecule has 0 aliphatic rings. The molecule has 0 unspecified atom stereocenters. The lowest BCUT2D eigenvalue weighted by Crippen LogP contribution is -2.09. The molecule has 0 saturated heterocycles. The van der Waals surface area contributed by atoms with Crippen LogP contribution in [-0.2, 0) is 0 Å². The van der Waals surface area contributed by atoms with Crippen LogP contribution in [0.25, 0.3) is 0 Å². The van der Waals surface area contributed by atoms with Gasteiger partial charge < -0.3 is 10.6 Å². The lowest BCUT2D eigenvalue weighted by atomic mass is 10.3. The SMILES string of the molecule is Cc1cscc1NCCCNc1cscc1[N+](=O)[O-]. The standard InChI is InChI=1S/C12H15N3O2S2/c1-9-5-18-6-10(9)13-3-2-4-14-11-7-19-8-12(11)15(16)17/h5-8,13-14H,2-4H2,1H3. The van der Waals surface area contributed by atoms with E-state index in [1.54, 1.807) is 22.1 Å². The number of nitrogens with one attached hydrogen (secondary N) is 2. The molecule has 2 aromatic rings. The molecule has 2 aromatic heterocycles. The summed E-state index contributed by atoms with van der Waals surface area (Å²) in [5.74, 6) is 0. The zero-order chi connectivity index (χ0) is 13.7. The second-order valence-corrected chi connectivity index (χ2v) is 5.59. The maximum Gasteiger partial charge on any atom is 0.302 e. The van der Waals surface area contributed by atoms with E-state index in [2.05, 4.69) is 28.3 Å². The molecular weight excluding hydrogens is 282 g/mol. The first kappa shape index (κ1) is 13.8. The highest BCUT2D eigenvalue weighted by Crippen LogP contribution is 2.28. The number of nitrogens with zero attached hydrogens (tertiary/aromatic N) is 1. The fraction of sp³-hybridized carbons (Fsp3) is 0.333. The van der Waals surface area contributed by atoms with E-state index in [0.717, 1.165) is 13.0 Å². The van der Waals surface area contributed by atoms with Gasteiger partial charge in [-0.3, -0.25) is 10.1 Å². The minimum atomic E-state index is -0.355. The molecule has 0 radical (unpaired) electrons. The first-order valence-electron chi connectivity index (χ1n) is 5.89. The predicted molar refractivity (Wildman–Crippen MR) is 81.6 cm³/mol. The summed E-state index contributed by atoms with van der Waals surface area (Å²) in [5.41, 5.74) is 3.20. The molecule has 0 fully saturated rings. The molecule has 0 saturated carbocycles. The van der Waals surface area contributed by atoms with Crippen LogP contribution in [0.1, 0.15) is 12.0 Å². The van der Waals surface area contributed by atoms with E-state index < -0.39 is 0 Å². The lowest BCUT2D eigenvalue weighted by molar-refractivity contribution is -0.383. The molecule has 0 aliphatic heterocycles. The van der Waals surface area contributed by atoms with Crippen molar-refractivity contribution >= 4 is 39.7 Å². The summed E-state index contributed by atoms with van der Waals surface area (Å²) in [6.45, 7) is 3.64. The third-order valence-electron chi connectivity index (χ3n) is 2.68. The Labute approximate surface area is 119 Å². The van der Waals surface area contributed by atoms with E-state index >= 15 is 0 Å². The fourth-order valence-corrected chi connectivity index (χ4v) is 3.19. The van der Waals surface area contributed by atoms with Gasteiger partial charge in [-0.25, -0.2) is 0 Å². The van der Waals surface area contributed by atoms with Gasteiger partial charge in [-0.15, -0.1) is 22.7 Å². The van der Waals surface area contributed by atoms with Crippen molar-refractivity contribution in [2.75, 3.05) is 23.7 Å². The van der Waals surface area contributed by atoms with E-state index in [9.17, 15) is 10.1 Å². The van der Waals surface area contributed by atoms with Crippen LogP contribution in [0.3, 0.4) is 0 Å². The third kappa shape index (κ3) is 3.68. The summed E-state index contributed by atoms with van der Waals surface area (Å²) < 4.78 is 0. The Morgan fingerprint density at radius 3 is 2.37 bits per heavy atom. The van der Waals surface area contributed by atoms with Gasteiger partial charge in [0.05, 0.1) is 10.3 Å². The average molecular weight is 297 g/mol. The Hall–Kier alpha value is -1.60. The highest BCUT2D eigenvalue weighted by molar-refractivity contribution is 7.09. The highest BCUT2D eigenvalue weighted by Gasteiger charge is 2.13. The van der Waals surface area contributed by atoms with Gasteiger partial charge in [-0.05, 0) is 24.3 Å². The molecular formula is C12H15N3O2S2. The Balaban J connectivity index is 1.71. The Kier molecular flexibility index (Phi) is 4.75. The average Bonchev–Trinajstić information content (AvgIpc) is 2.98. The minimum absolute atomic E-state index is 0.159. The molecule has 2 N–H and O–H groups in total. The van der Waals surface area contributed by atoms with E-state index in [4.69, 9.17) is 0 Å². The van der Waals surface area contributed by atoms with E-state index in [0.29, 0.717) is 12.2 Å². The van der Waals surface area contributed by atoms with Gasteiger partial charge in [-0.2, -0.15) is 0 Å². The van der Waals surface area contributed by atoms with Gasteiger partial charge in [0.1, 0.15) is 5.69 Å². The summed E-state index contributed by atoms with van der Waals surface area (Å²) in [7, 11) is 0. The quantitative estimate of drug-likeness (QED) is 0.461. The van der Waals surface area contributed by atoms with E-state index in [1.807, 2.05) is 0 Å². The third-order valence-corrected chi connectivity index (χ3v) is 4.27. The number of anilines is 2. The van der Waals surface area contributed by atoms with Gasteiger partial charge in [0.2, 0.25) is 0 Å². The number of aryl methyl sites for hydroxylation is 1. The van der Waals surface area contributed by atoms with Crippen LogP contribution in [0.15, 0.2) is 21.5 Å². The van der Waals surface area contributed by atoms with Crippen molar-refractivity contribution in [2.45, 2.75) is 13.3 Å². The molecule has 0 aliphatic carbocycles. The number of hydrogen-bond acceptors (Lipinski definition) is 6. The Morgan fingerprint density at radius 1 is 1.11 bits per heavy atom. The molecule has 7 heteroatoms. The van der Waals surface area contributed by atoms with Crippen molar-refractivity contribution in [1.29, 1.82) is 0 Å². The van der Waals surface area contributed by atoms with E-state index in [-0.39, 0.29) is 10.6 Å². The molecule has 2 rings (SSSR count). The maximum atomic E-state index is 10.7. The highest BCUT2D eigenvalue weighted by atomic mass is 32.1. The van der Waals surface area contributed by atoms with E-state index in [1.165, 1.54) is 22.6 Å². The number of nitro groups is 1. The van der Waals surface area contributed by atoms with Gasteiger partial charge in [0, 0.05) is 29.5 Å². The number of rotatable bonds is 7. The normalized spacial score (nSPS) is 10.4. The van der Waals surface area contributed by atoms with Gasteiger partial charge in [0.25, 0.3) is 0 Å². The van der Waals surface area contributed by atoms with Crippen LogP contribution in [0, 0.1) is 17.0 Å². The van der Waals surface area contributed by atoms with Crippen LogP contribution < -0.4 is 10.6 Å². The van der Waals surface area contributed by atoms with Crippen molar-refractivity contribution < 1.29 is 4.92 Å².